The number of nitrogens with zero attached hydrogens (tertiary/aromatic N) is 2. The highest BCUT2D eigenvalue weighted by Gasteiger charge is 2.16. The predicted octanol–water partition coefficient (Wildman–Crippen LogP) is 1.89. The van der Waals surface area contributed by atoms with Gasteiger partial charge in [-0.25, -0.2) is 0 Å². The Morgan fingerprint density at radius 1 is 1.50 bits per heavy atom. The number of nitriles is 1. The smallest absolute Gasteiger partial charge is 0.233 e. The van der Waals surface area contributed by atoms with Crippen LogP contribution >= 0.6 is 11.8 Å². The van der Waals surface area contributed by atoms with Crippen molar-refractivity contribution in [2.75, 3.05) is 18.8 Å². The van der Waals surface area contributed by atoms with Gasteiger partial charge in [-0.3, -0.25) is 4.79 Å². The summed E-state index contributed by atoms with van der Waals surface area (Å²) in [6.07, 6.45) is 0. The van der Waals surface area contributed by atoms with Crippen molar-refractivity contribution in [1.82, 2.24) is 4.90 Å². The second-order valence-corrected chi connectivity index (χ2v) is 5.77. The van der Waals surface area contributed by atoms with Crippen LogP contribution in [0, 0.1) is 11.3 Å². The summed E-state index contributed by atoms with van der Waals surface area (Å²) in [6.45, 7) is 8.91. The lowest BCUT2D eigenvalue weighted by Gasteiger charge is -2.21. The third-order valence-electron chi connectivity index (χ3n) is 1.62. The van der Waals surface area contributed by atoms with Crippen LogP contribution < -0.4 is 0 Å². The Bertz CT molecular complexity index is 227. The summed E-state index contributed by atoms with van der Waals surface area (Å²) < 4.78 is 0.0989. The first kappa shape index (κ1) is 13.3. The lowest BCUT2D eigenvalue weighted by molar-refractivity contribution is -0.127. The second-order valence-electron chi connectivity index (χ2n) is 3.97. The van der Waals surface area contributed by atoms with Crippen molar-refractivity contribution >= 4 is 17.7 Å². The molecule has 0 rings (SSSR count). The zero-order chi connectivity index (χ0) is 11.2. The molecular formula is C10H18N2OS. The molecule has 80 valence electrons. The van der Waals surface area contributed by atoms with Gasteiger partial charge in [0.15, 0.2) is 0 Å². The van der Waals surface area contributed by atoms with Crippen LogP contribution in [0.3, 0.4) is 0 Å². The van der Waals surface area contributed by atoms with Crippen LogP contribution in [0.25, 0.3) is 0 Å². The van der Waals surface area contributed by atoms with Gasteiger partial charge in [-0.1, -0.05) is 20.8 Å². The molecule has 0 aliphatic heterocycles. The first-order valence-electron chi connectivity index (χ1n) is 4.69. The largest absolute Gasteiger partial charge is 0.329 e. The van der Waals surface area contributed by atoms with Crippen molar-refractivity contribution in [3.05, 3.63) is 0 Å². The molecule has 14 heavy (non-hydrogen) atoms. The highest BCUT2D eigenvalue weighted by atomic mass is 32.2. The van der Waals surface area contributed by atoms with E-state index in [1.54, 1.807) is 16.7 Å². The number of hydrogen-bond acceptors (Lipinski definition) is 3. The van der Waals surface area contributed by atoms with Crippen LogP contribution in [0.5, 0.6) is 0 Å². The van der Waals surface area contributed by atoms with E-state index in [2.05, 4.69) is 20.8 Å². The van der Waals surface area contributed by atoms with E-state index < -0.39 is 0 Å². The summed E-state index contributed by atoms with van der Waals surface area (Å²) in [5, 5.41) is 8.49. The predicted molar refractivity (Wildman–Crippen MR) is 60.1 cm³/mol. The molecule has 0 saturated heterocycles. The van der Waals surface area contributed by atoms with Crippen molar-refractivity contribution < 1.29 is 4.79 Å². The fourth-order valence-electron chi connectivity index (χ4n) is 0.831. The Morgan fingerprint density at radius 2 is 2.07 bits per heavy atom. The molecule has 0 unspecified atom stereocenters. The van der Waals surface area contributed by atoms with Crippen LogP contribution in [-0.4, -0.2) is 34.4 Å². The average molecular weight is 214 g/mol. The third-order valence-corrected chi connectivity index (χ3v) is 2.88. The van der Waals surface area contributed by atoms with E-state index >= 15 is 0 Å². The van der Waals surface area contributed by atoms with Crippen LogP contribution in [0.15, 0.2) is 0 Å². The Balaban J connectivity index is 4.00. The summed E-state index contributed by atoms with van der Waals surface area (Å²) in [4.78, 5) is 13.1. The van der Waals surface area contributed by atoms with Crippen LogP contribution in [0.1, 0.15) is 27.7 Å². The first-order valence-corrected chi connectivity index (χ1v) is 5.68. The van der Waals surface area contributed by atoms with E-state index in [0.717, 1.165) is 0 Å². The minimum atomic E-state index is 0.0500. The minimum Gasteiger partial charge on any atom is -0.329 e. The number of rotatable bonds is 4. The van der Waals surface area contributed by atoms with Crippen LogP contribution in [0.2, 0.25) is 0 Å². The molecular weight excluding hydrogens is 196 g/mol. The molecule has 0 aromatic carbocycles. The fourth-order valence-corrected chi connectivity index (χ4v) is 1.57. The zero-order valence-electron chi connectivity index (χ0n) is 9.33. The molecule has 0 aliphatic carbocycles. The molecule has 0 saturated carbocycles. The zero-order valence-corrected chi connectivity index (χ0v) is 10.1. The number of carbonyl (C=O) groups excluding carboxylic acids is 1. The van der Waals surface area contributed by atoms with Gasteiger partial charge in [0.2, 0.25) is 5.91 Å². The molecule has 0 bridgehead atoms. The van der Waals surface area contributed by atoms with E-state index in [9.17, 15) is 4.79 Å². The summed E-state index contributed by atoms with van der Waals surface area (Å²) in [7, 11) is 0. The Hall–Kier alpha value is -0.690. The van der Waals surface area contributed by atoms with E-state index in [1.807, 2.05) is 13.0 Å². The standard InChI is InChI=1S/C10H18N2OS/c1-5-12(7-6-11)9(13)8-14-10(2,3)4/h5,7-8H2,1-4H3. The third kappa shape index (κ3) is 5.87. The summed E-state index contributed by atoms with van der Waals surface area (Å²) in [5.74, 6) is 0.507. The van der Waals surface area contributed by atoms with Gasteiger partial charge in [0.1, 0.15) is 6.54 Å². The SMILES string of the molecule is CCN(CC#N)C(=O)CSC(C)(C)C. The number of carbonyl (C=O) groups is 1. The maximum atomic E-state index is 11.6. The highest BCUT2D eigenvalue weighted by molar-refractivity contribution is 8.01. The van der Waals surface area contributed by atoms with E-state index in [4.69, 9.17) is 5.26 Å². The quantitative estimate of drug-likeness (QED) is 0.671. The number of hydrogen-bond donors (Lipinski definition) is 0. The lowest BCUT2D eigenvalue weighted by atomic mass is 10.3. The minimum absolute atomic E-state index is 0.0500. The number of thioether (sulfide) groups is 1. The normalized spacial score (nSPS) is 10.8. The molecule has 0 fully saturated rings. The summed E-state index contributed by atoms with van der Waals surface area (Å²) in [5.41, 5.74) is 0. The van der Waals surface area contributed by atoms with E-state index in [1.165, 1.54) is 0 Å². The van der Waals surface area contributed by atoms with Gasteiger partial charge in [-0.2, -0.15) is 5.26 Å². The molecule has 0 radical (unpaired) electrons. The molecule has 0 N–H and O–H groups in total. The number of amides is 1. The molecule has 0 aliphatic rings. The van der Waals surface area contributed by atoms with Crippen molar-refractivity contribution in [2.24, 2.45) is 0 Å². The van der Waals surface area contributed by atoms with Gasteiger partial charge in [0, 0.05) is 11.3 Å². The first-order chi connectivity index (χ1) is 6.40. The second kappa shape index (κ2) is 5.92. The van der Waals surface area contributed by atoms with Crippen LogP contribution in [0.4, 0.5) is 0 Å². The molecule has 0 heterocycles. The summed E-state index contributed by atoms with van der Waals surface area (Å²) >= 11 is 1.61. The Labute approximate surface area is 90.5 Å². The van der Waals surface area contributed by atoms with Gasteiger partial charge >= 0.3 is 0 Å². The average Bonchev–Trinajstić information content (AvgIpc) is 2.09. The molecule has 0 spiro atoms. The maximum Gasteiger partial charge on any atom is 0.233 e. The van der Waals surface area contributed by atoms with Gasteiger partial charge in [0.05, 0.1) is 11.8 Å². The molecule has 4 heteroatoms. The fraction of sp³-hybridized carbons (Fsp3) is 0.800. The van der Waals surface area contributed by atoms with Gasteiger partial charge in [-0.15, -0.1) is 11.8 Å². The maximum absolute atomic E-state index is 11.6. The Morgan fingerprint density at radius 3 is 2.43 bits per heavy atom. The van der Waals surface area contributed by atoms with Crippen molar-refractivity contribution in [3.63, 3.8) is 0 Å². The molecule has 0 atom stereocenters. The molecule has 3 nitrogen and oxygen atoms in total. The summed E-state index contributed by atoms with van der Waals surface area (Å²) in [6, 6.07) is 1.99. The van der Waals surface area contributed by atoms with Gasteiger partial charge in [-0.05, 0) is 6.92 Å². The van der Waals surface area contributed by atoms with Gasteiger partial charge in [0.25, 0.3) is 0 Å². The Kier molecular flexibility index (Phi) is 5.63. The van der Waals surface area contributed by atoms with Gasteiger partial charge < -0.3 is 4.90 Å². The lowest BCUT2D eigenvalue weighted by Crippen LogP contribution is -2.33. The molecule has 0 aromatic rings. The van der Waals surface area contributed by atoms with E-state index in [0.29, 0.717) is 12.3 Å². The molecule has 0 aromatic heterocycles. The van der Waals surface area contributed by atoms with Crippen molar-refractivity contribution in [1.29, 1.82) is 5.26 Å². The van der Waals surface area contributed by atoms with E-state index in [-0.39, 0.29) is 17.2 Å². The molecule has 1 amide bonds. The monoisotopic (exact) mass is 214 g/mol. The topological polar surface area (TPSA) is 44.1 Å². The van der Waals surface area contributed by atoms with Crippen LogP contribution in [-0.2, 0) is 4.79 Å². The van der Waals surface area contributed by atoms with Crippen molar-refractivity contribution in [2.45, 2.75) is 32.4 Å². The highest BCUT2D eigenvalue weighted by Crippen LogP contribution is 2.23. The van der Waals surface area contributed by atoms with Crippen molar-refractivity contribution in [3.8, 4) is 6.07 Å².